The zero-order valence-electron chi connectivity index (χ0n) is 11.1. The summed E-state index contributed by atoms with van der Waals surface area (Å²) in [7, 11) is 0. The van der Waals surface area contributed by atoms with Crippen LogP contribution in [-0.2, 0) is 9.53 Å². The molecule has 106 valence electrons. The third kappa shape index (κ3) is 2.37. The van der Waals surface area contributed by atoms with Gasteiger partial charge in [-0.15, -0.1) is 0 Å². The van der Waals surface area contributed by atoms with Gasteiger partial charge in [0.2, 0.25) is 5.91 Å². The highest BCUT2D eigenvalue weighted by Gasteiger charge is 2.55. The molecule has 3 aliphatic rings. The number of hydrogen-bond acceptors (Lipinski definition) is 4. The number of likely N-dealkylation sites (tertiary alicyclic amines) is 1. The van der Waals surface area contributed by atoms with Crippen LogP contribution in [0, 0.1) is 5.41 Å². The van der Waals surface area contributed by atoms with Gasteiger partial charge in [0.15, 0.2) is 0 Å². The maximum atomic E-state index is 12.5. The van der Waals surface area contributed by atoms with E-state index < -0.39 is 5.41 Å². The highest BCUT2D eigenvalue weighted by molar-refractivity contribution is 7.80. The fourth-order valence-corrected chi connectivity index (χ4v) is 3.45. The van der Waals surface area contributed by atoms with Gasteiger partial charge in [-0.05, 0) is 19.3 Å². The van der Waals surface area contributed by atoms with Crippen molar-refractivity contribution >= 4 is 23.1 Å². The van der Waals surface area contributed by atoms with Crippen molar-refractivity contribution in [3.8, 4) is 0 Å². The van der Waals surface area contributed by atoms with Crippen molar-refractivity contribution < 1.29 is 9.53 Å². The van der Waals surface area contributed by atoms with E-state index in [1.165, 1.54) is 0 Å². The summed E-state index contributed by atoms with van der Waals surface area (Å²) in [5.41, 5.74) is 5.24. The van der Waals surface area contributed by atoms with E-state index in [1.807, 2.05) is 4.90 Å². The number of carbonyl (C=O) groups excluding carboxylic acids is 1. The second kappa shape index (κ2) is 5.00. The van der Waals surface area contributed by atoms with Gasteiger partial charge in [-0.1, -0.05) is 12.2 Å². The van der Waals surface area contributed by atoms with Crippen LogP contribution in [0.2, 0.25) is 0 Å². The van der Waals surface area contributed by atoms with E-state index in [0.717, 1.165) is 58.7 Å². The minimum Gasteiger partial charge on any atom is -0.392 e. The number of carbonyl (C=O) groups is 1. The Bertz CT molecular complexity index is 391. The molecule has 3 fully saturated rings. The second-order valence-electron chi connectivity index (χ2n) is 5.79. The van der Waals surface area contributed by atoms with E-state index in [-0.39, 0.29) is 5.91 Å². The Morgan fingerprint density at radius 1 is 1.26 bits per heavy atom. The molecule has 0 bridgehead atoms. The number of amides is 1. The molecule has 3 rings (SSSR count). The predicted molar refractivity (Wildman–Crippen MR) is 75.8 cm³/mol. The standard InChI is InChI=1S/C13H21N3O2S/c14-11(19)13(2-3-13)12(17)16-4-1-10(9-16)15-5-7-18-8-6-15/h10H,1-9H2,(H2,14,19). The Morgan fingerprint density at radius 3 is 2.53 bits per heavy atom. The summed E-state index contributed by atoms with van der Waals surface area (Å²) in [4.78, 5) is 17.3. The van der Waals surface area contributed by atoms with E-state index in [2.05, 4.69) is 4.90 Å². The van der Waals surface area contributed by atoms with Crippen LogP contribution in [0.15, 0.2) is 0 Å². The van der Waals surface area contributed by atoms with Crippen molar-refractivity contribution in [1.82, 2.24) is 9.80 Å². The van der Waals surface area contributed by atoms with Crippen LogP contribution in [0.1, 0.15) is 19.3 Å². The minimum atomic E-state index is -0.491. The van der Waals surface area contributed by atoms with Gasteiger partial charge < -0.3 is 15.4 Å². The smallest absolute Gasteiger partial charge is 0.235 e. The Kier molecular flexibility index (Phi) is 3.49. The van der Waals surface area contributed by atoms with Gasteiger partial charge in [-0.2, -0.15) is 0 Å². The lowest BCUT2D eigenvalue weighted by Crippen LogP contribution is -2.47. The minimum absolute atomic E-state index is 0.163. The van der Waals surface area contributed by atoms with E-state index in [4.69, 9.17) is 22.7 Å². The summed E-state index contributed by atoms with van der Waals surface area (Å²) in [5.74, 6) is 0.163. The van der Waals surface area contributed by atoms with Crippen molar-refractivity contribution in [3.63, 3.8) is 0 Å². The maximum absolute atomic E-state index is 12.5. The first-order chi connectivity index (χ1) is 9.13. The molecule has 19 heavy (non-hydrogen) atoms. The van der Waals surface area contributed by atoms with Gasteiger partial charge >= 0.3 is 0 Å². The molecule has 1 aliphatic carbocycles. The van der Waals surface area contributed by atoms with Gasteiger partial charge in [0.1, 0.15) is 0 Å². The summed E-state index contributed by atoms with van der Waals surface area (Å²) in [5, 5.41) is 0. The molecule has 2 N–H and O–H groups in total. The Labute approximate surface area is 119 Å². The lowest BCUT2D eigenvalue weighted by atomic mass is 10.1. The van der Waals surface area contributed by atoms with Crippen LogP contribution >= 0.6 is 12.2 Å². The number of hydrogen-bond donors (Lipinski definition) is 1. The zero-order valence-corrected chi connectivity index (χ0v) is 12.0. The van der Waals surface area contributed by atoms with Gasteiger partial charge in [0.25, 0.3) is 0 Å². The number of thiocarbonyl (C=S) groups is 1. The summed E-state index contributed by atoms with van der Waals surface area (Å²) in [6, 6.07) is 0.481. The first-order valence-corrected chi connectivity index (χ1v) is 7.45. The largest absolute Gasteiger partial charge is 0.392 e. The van der Waals surface area contributed by atoms with Crippen molar-refractivity contribution in [1.29, 1.82) is 0 Å². The van der Waals surface area contributed by atoms with Crippen molar-refractivity contribution in [3.05, 3.63) is 0 Å². The van der Waals surface area contributed by atoms with Gasteiger partial charge in [-0.25, -0.2) is 0 Å². The first-order valence-electron chi connectivity index (χ1n) is 7.04. The molecule has 0 aromatic heterocycles. The Balaban J connectivity index is 1.59. The van der Waals surface area contributed by atoms with Gasteiger partial charge in [0.05, 0.1) is 23.6 Å². The fourth-order valence-electron chi connectivity index (χ4n) is 3.16. The van der Waals surface area contributed by atoms with Gasteiger partial charge in [0, 0.05) is 32.2 Å². The molecule has 0 spiro atoms. The van der Waals surface area contributed by atoms with Crippen LogP contribution in [-0.4, -0.2) is 66.1 Å². The van der Waals surface area contributed by atoms with E-state index in [0.29, 0.717) is 11.0 Å². The highest BCUT2D eigenvalue weighted by Crippen LogP contribution is 2.48. The molecule has 1 saturated carbocycles. The normalized spacial score (nSPS) is 30.3. The number of nitrogens with two attached hydrogens (primary N) is 1. The van der Waals surface area contributed by atoms with Crippen LogP contribution in [0.5, 0.6) is 0 Å². The number of nitrogens with zero attached hydrogens (tertiary/aromatic N) is 2. The average Bonchev–Trinajstić information content (AvgIpc) is 3.10. The topological polar surface area (TPSA) is 58.8 Å². The second-order valence-corrected chi connectivity index (χ2v) is 6.23. The predicted octanol–water partition coefficient (Wildman–Crippen LogP) is -0.0142. The maximum Gasteiger partial charge on any atom is 0.235 e. The molecule has 1 unspecified atom stereocenters. The Hall–Kier alpha value is -0.720. The molecular formula is C13H21N3O2S. The summed E-state index contributed by atoms with van der Waals surface area (Å²) >= 11 is 5.06. The SMILES string of the molecule is NC(=S)C1(C(=O)N2CCC(N3CCOCC3)C2)CC1. The molecule has 2 aliphatic heterocycles. The molecule has 5 nitrogen and oxygen atoms in total. The fraction of sp³-hybridized carbons (Fsp3) is 0.846. The Morgan fingerprint density at radius 2 is 1.95 bits per heavy atom. The van der Waals surface area contributed by atoms with Crippen molar-refractivity contribution in [2.24, 2.45) is 11.1 Å². The summed E-state index contributed by atoms with van der Waals surface area (Å²) in [6.07, 6.45) is 2.72. The van der Waals surface area contributed by atoms with E-state index in [1.54, 1.807) is 0 Å². The monoisotopic (exact) mass is 283 g/mol. The van der Waals surface area contributed by atoms with Crippen LogP contribution in [0.3, 0.4) is 0 Å². The third-order valence-corrected chi connectivity index (χ3v) is 5.03. The molecule has 2 heterocycles. The summed E-state index contributed by atoms with van der Waals surface area (Å²) < 4.78 is 5.37. The number of ether oxygens (including phenoxy) is 1. The number of morpholine rings is 1. The van der Waals surface area contributed by atoms with Crippen molar-refractivity contribution in [2.75, 3.05) is 39.4 Å². The van der Waals surface area contributed by atoms with E-state index >= 15 is 0 Å². The number of rotatable bonds is 3. The molecule has 0 aromatic carbocycles. The lowest BCUT2D eigenvalue weighted by molar-refractivity contribution is -0.133. The van der Waals surface area contributed by atoms with Crippen molar-refractivity contribution in [2.45, 2.75) is 25.3 Å². The molecule has 2 saturated heterocycles. The van der Waals surface area contributed by atoms with Crippen LogP contribution < -0.4 is 5.73 Å². The zero-order chi connectivity index (χ0) is 13.5. The molecule has 1 atom stereocenters. The first kappa shape index (κ1) is 13.3. The van der Waals surface area contributed by atoms with Crippen LogP contribution in [0.25, 0.3) is 0 Å². The molecule has 1 amide bonds. The van der Waals surface area contributed by atoms with E-state index in [9.17, 15) is 4.79 Å². The summed E-state index contributed by atoms with van der Waals surface area (Å²) in [6.45, 7) is 5.23. The quantitative estimate of drug-likeness (QED) is 0.738. The molecule has 6 heteroatoms. The molecule has 0 radical (unpaired) electrons. The average molecular weight is 283 g/mol. The molecular weight excluding hydrogens is 262 g/mol. The lowest BCUT2D eigenvalue weighted by Gasteiger charge is -2.32. The molecule has 0 aromatic rings. The van der Waals surface area contributed by atoms with Gasteiger partial charge in [-0.3, -0.25) is 9.69 Å². The highest BCUT2D eigenvalue weighted by atomic mass is 32.1. The van der Waals surface area contributed by atoms with Crippen LogP contribution in [0.4, 0.5) is 0 Å². The third-order valence-electron chi connectivity index (χ3n) is 4.64.